The minimum Gasteiger partial charge on any atom is -0.494 e. The molecular weight excluding hydrogens is 236 g/mol. The summed E-state index contributed by atoms with van der Waals surface area (Å²) in [5, 5.41) is 0. The van der Waals surface area contributed by atoms with Gasteiger partial charge in [0.05, 0.1) is 6.61 Å². The summed E-state index contributed by atoms with van der Waals surface area (Å²) >= 11 is 5.59. The molecule has 0 spiro atoms. The van der Waals surface area contributed by atoms with E-state index in [4.69, 9.17) is 16.3 Å². The van der Waals surface area contributed by atoms with Crippen LogP contribution < -0.4 is 4.74 Å². The number of unbranched alkanes of at least 4 members (excludes halogenated alkanes) is 3. The predicted molar refractivity (Wildman–Crippen MR) is 71.1 cm³/mol. The largest absolute Gasteiger partial charge is 0.494 e. The van der Waals surface area contributed by atoms with Gasteiger partial charge in [-0.1, -0.05) is 25.0 Å². The van der Waals surface area contributed by atoms with Crippen molar-refractivity contribution in [3.8, 4) is 5.75 Å². The van der Waals surface area contributed by atoms with Gasteiger partial charge in [-0.2, -0.15) is 0 Å². The average Bonchev–Trinajstić information content (AvgIpc) is 2.34. The number of rotatable bonds is 8. The van der Waals surface area contributed by atoms with Crippen molar-refractivity contribution in [1.82, 2.24) is 0 Å². The Morgan fingerprint density at radius 2 is 2.00 bits per heavy atom. The van der Waals surface area contributed by atoms with Crippen molar-refractivity contribution in [1.29, 1.82) is 0 Å². The molecule has 3 heteroatoms. The fourth-order valence-electron chi connectivity index (χ4n) is 1.54. The Morgan fingerprint density at radius 1 is 1.24 bits per heavy atom. The Morgan fingerprint density at radius 3 is 2.71 bits per heavy atom. The number of hydrogen-bond donors (Lipinski definition) is 0. The van der Waals surface area contributed by atoms with Gasteiger partial charge in [0.25, 0.3) is 0 Å². The van der Waals surface area contributed by atoms with Crippen LogP contribution in [-0.2, 0) is 0 Å². The first-order valence-electron chi connectivity index (χ1n) is 6.04. The van der Waals surface area contributed by atoms with E-state index in [0.29, 0.717) is 12.2 Å². The lowest BCUT2D eigenvalue weighted by molar-refractivity contribution is 0.101. The molecule has 0 heterocycles. The SMILES string of the molecule is CC(=O)c1cccc(OCCCCCCCl)c1. The molecule has 0 unspecified atom stereocenters. The molecule has 0 fully saturated rings. The lowest BCUT2D eigenvalue weighted by Crippen LogP contribution is -1.99. The number of benzene rings is 1. The Bertz CT molecular complexity index is 350. The molecule has 1 rings (SSSR count). The van der Waals surface area contributed by atoms with Gasteiger partial charge >= 0.3 is 0 Å². The van der Waals surface area contributed by atoms with Gasteiger partial charge in [-0.15, -0.1) is 11.6 Å². The van der Waals surface area contributed by atoms with Gasteiger partial charge in [-0.25, -0.2) is 0 Å². The molecule has 0 bridgehead atoms. The van der Waals surface area contributed by atoms with Crippen LogP contribution in [0.4, 0.5) is 0 Å². The average molecular weight is 255 g/mol. The van der Waals surface area contributed by atoms with Crippen molar-refractivity contribution >= 4 is 17.4 Å². The highest BCUT2D eigenvalue weighted by Gasteiger charge is 2.00. The van der Waals surface area contributed by atoms with E-state index >= 15 is 0 Å². The highest BCUT2D eigenvalue weighted by molar-refractivity contribution is 6.17. The fraction of sp³-hybridized carbons (Fsp3) is 0.500. The van der Waals surface area contributed by atoms with Crippen molar-refractivity contribution in [3.05, 3.63) is 29.8 Å². The molecule has 0 aromatic heterocycles. The summed E-state index contributed by atoms with van der Waals surface area (Å²) in [6.07, 6.45) is 4.39. The molecule has 1 aromatic rings. The van der Waals surface area contributed by atoms with Crippen LogP contribution >= 0.6 is 11.6 Å². The quantitative estimate of drug-likeness (QED) is 0.397. The van der Waals surface area contributed by atoms with E-state index in [0.717, 1.165) is 37.3 Å². The van der Waals surface area contributed by atoms with Crippen LogP contribution in [0.1, 0.15) is 43.0 Å². The van der Waals surface area contributed by atoms with Crippen molar-refractivity contribution < 1.29 is 9.53 Å². The second-order valence-corrected chi connectivity index (χ2v) is 4.41. The van der Waals surface area contributed by atoms with Crippen LogP contribution in [0.2, 0.25) is 0 Å². The molecule has 1 aromatic carbocycles. The molecule has 0 aliphatic rings. The first-order valence-corrected chi connectivity index (χ1v) is 6.57. The number of hydrogen-bond acceptors (Lipinski definition) is 2. The summed E-state index contributed by atoms with van der Waals surface area (Å²) < 4.78 is 5.59. The van der Waals surface area contributed by atoms with Gasteiger partial charge in [0.1, 0.15) is 5.75 Å². The summed E-state index contributed by atoms with van der Waals surface area (Å²) in [5.74, 6) is 1.58. The molecule has 0 N–H and O–H groups in total. The molecular formula is C14H19ClO2. The minimum absolute atomic E-state index is 0.0672. The lowest BCUT2D eigenvalue weighted by Gasteiger charge is -2.06. The monoisotopic (exact) mass is 254 g/mol. The predicted octanol–water partition coefficient (Wildman–Crippen LogP) is 4.07. The topological polar surface area (TPSA) is 26.3 Å². The van der Waals surface area contributed by atoms with Gasteiger partial charge in [0.15, 0.2) is 5.78 Å². The second-order valence-electron chi connectivity index (χ2n) is 4.04. The number of carbonyl (C=O) groups is 1. The summed E-state index contributed by atoms with van der Waals surface area (Å²) in [4.78, 5) is 11.2. The second kappa shape index (κ2) is 8.13. The van der Waals surface area contributed by atoms with Crippen LogP contribution in [0.5, 0.6) is 5.75 Å². The number of ether oxygens (including phenoxy) is 1. The maximum absolute atomic E-state index is 11.2. The minimum atomic E-state index is 0.0672. The number of carbonyl (C=O) groups excluding carboxylic acids is 1. The maximum atomic E-state index is 11.2. The molecule has 0 amide bonds. The molecule has 0 aliphatic carbocycles. The van der Waals surface area contributed by atoms with E-state index in [2.05, 4.69) is 0 Å². The van der Waals surface area contributed by atoms with E-state index in [9.17, 15) is 4.79 Å². The van der Waals surface area contributed by atoms with Gasteiger partial charge in [-0.3, -0.25) is 4.79 Å². The number of ketones is 1. The zero-order valence-electron chi connectivity index (χ0n) is 10.2. The van der Waals surface area contributed by atoms with Gasteiger partial charge in [-0.05, 0) is 31.9 Å². The Labute approximate surface area is 108 Å². The molecule has 2 nitrogen and oxygen atoms in total. The van der Waals surface area contributed by atoms with Gasteiger partial charge < -0.3 is 4.74 Å². The third-order valence-electron chi connectivity index (χ3n) is 2.54. The van der Waals surface area contributed by atoms with E-state index < -0.39 is 0 Å². The zero-order valence-corrected chi connectivity index (χ0v) is 11.0. The number of halogens is 1. The smallest absolute Gasteiger partial charge is 0.159 e. The van der Waals surface area contributed by atoms with E-state index in [1.54, 1.807) is 19.1 Å². The van der Waals surface area contributed by atoms with Crippen LogP contribution in [0.25, 0.3) is 0 Å². The fourth-order valence-corrected chi connectivity index (χ4v) is 1.73. The van der Waals surface area contributed by atoms with Crippen molar-refractivity contribution in [3.63, 3.8) is 0 Å². The summed E-state index contributed by atoms with van der Waals surface area (Å²) in [6.45, 7) is 2.26. The molecule has 0 radical (unpaired) electrons. The van der Waals surface area contributed by atoms with Crippen molar-refractivity contribution in [2.45, 2.75) is 32.6 Å². The third kappa shape index (κ3) is 5.73. The van der Waals surface area contributed by atoms with Crippen LogP contribution in [0.3, 0.4) is 0 Å². The first kappa shape index (κ1) is 14.0. The van der Waals surface area contributed by atoms with Gasteiger partial charge in [0.2, 0.25) is 0 Å². The molecule has 94 valence electrons. The summed E-state index contributed by atoms with van der Waals surface area (Å²) in [7, 11) is 0. The van der Waals surface area contributed by atoms with Gasteiger partial charge in [0, 0.05) is 11.4 Å². The Hall–Kier alpha value is -1.02. The van der Waals surface area contributed by atoms with E-state index in [1.165, 1.54) is 0 Å². The maximum Gasteiger partial charge on any atom is 0.159 e. The number of alkyl halides is 1. The normalized spacial score (nSPS) is 10.2. The molecule has 17 heavy (non-hydrogen) atoms. The molecule has 0 aliphatic heterocycles. The molecule has 0 saturated heterocycles. The molecule has 0 saturated carbocycles. The third-order valence-corrected chi connectivity index (χ3v) is 2.80. The summed E-state index contributed by atoms with van der Waals surface area (Å²) in [5.41, 5.74) is 0.699. The number of Topliss-reactive ketones (excluding diaryl/α,β-unsaturated/α-hetero) is 1. The summed E-state index contributed by atoms with van der Waals surface area (Å²) in [6, 6.07) is 7.32. The van der Waals surface area contributed by atoms with Crippen LogP contribution in [0, 0.1) is 0 Å². The first-order chi connectivity index (χ1) is 8.24. The standard InChI is InChI=1S/C14H19ClO2/c1-12(16)13-7-6-8-14(11-13)17-10-5-3-2-4-9-15/h6-8,11H,2-5,9-10H2,1H3. The Balaban J connectivity index is 2.27. The highest BCUT2D eigenvalue weighted by atomic mass is 35.5. The van der Waals surface area contributed by atoms with E-state index in [-0.39, 0.29) is 5.78 Å². The van der Waals surface area contributed by atoms with Crippen LogP contribution in [-0.4, -0.2) is 18.3 Å². The highest BCUT2D eigenvalue weighted by Crippen LogP contribution is 2.14. The zero-order chi connectivity index (χ0) is 12.5. The lowest BCUT2D eigenvalue weighted by atomic mass is 10.1. The Kier molecular flexibility index (Phi) is 6.71. The van der Waals surface area contributed by atoms with Crippen molar-refractivity contribution in [2.75, 3.05) is 12.5 Å². The van der Waals surface area contributed by atoms with Crippen LogP contribution in [0.15, 0.2) is 24.3 Å². The molecule has 0 atom stereocenters. The van der Waals surface area contributed by atoms with Crippen molar-refractivity contribution in [2.24, 2.45) is 0 Å². The van der Waals surface area contributed by atoms with E-state index in [1.807, 2.05) is 12.1 Å².